The summed E-state index contributed by atoms with van der Waals surface area (Å²) in [6.45, 7) is 16.6. The van der Waals surface area contributed by atoms with E-state index in [2.05, 4.69) is 54.5 Å². The van der Waals surface area contributed by atoms with Gasteiger partial charge >= 0.3 is 0 Å². The summed E-state index contributed by atoms with van der Waals surface area (Å²) in [6, 6.07) is 0. The lowest BCUT2D eigenvalue weighted by atomic mass is 9.43. The molecule has 0 bridgehead atoms. The van der Waals surface area contributed by atoms with E-state index in [1.165, 1.54) is 37.7 Å². The second kappa shape index (κ2) is 8.15. The molecular weight excluding hydrogens is 380 g/mol. The van der Waals surface area contributed by atoms with Gasteiger partial charge in [0.2, 0.25) is 0 Å². The molecule has 31 heavy (non-hydrogen) atoms. The maximum Gasteiger partial charge on any atom is 0.0628 e. The lowest BCUT2D eigenvalue weighted by Gasteiger charge is -2.62. The zero-order chi connectivity index (χ0) is 22.8. The fourth-order valence-corrected chi connectivity index (χ4v) is 9.55. The summed E-state index contributed by atoms with van der Waals surface area (Å²) in [5, 5.41) is 22.5. The van der Waals surface area contributed by atoms with E-state index in [1.54, 1.807) is 0 Å². The summed E-state index contributed by atoms with van der Waals surface area (Å²) in [4.78, 5) is 0. The highest BCUT2D eigenvalue weighted by Gasteiger charge is 2.63. The molecule has 0 aromatic carbocycles. The van der Waals surface area contributed by atoms with Crippen LogP contribution in [-0.4, -0.2) is 22.4 Å². The highest BCUT2D eigenvalue weighted by Crippen LogP contribution is 2.68. The zero-order valence-corrected chi connectivity index (χ0v) is 21.5. The first-order valence-electron chi connectivity index (χ1n) is 13.5. The molecule has 0 heterocycles. The Morgan fingerprint density at radius 1 is 1.00 bits per heavy atom. The van der Waals surface area contributed by atoms with E-state index in [9.17, 15) is 10.2 Å². The topological polar surface area (TPSA) is 40.5 Å². The largest absolute Gasteiger partial charge is 0.393 e. The Balaban J connectivity index is 1.59. The minimum Gasteiger partial charge on any atom is -0.393 e. The molecule has 0 unspecified atom stereocenters. The lowest BCUT2D eigenvalue weighted by Crippen LogP contribution is -2.59. The average Bonchev–Trinajstić information content (AvgIpc) is 3.01. The molecule has 3 saturated carbocycles. The Hall–Kier alpha value is -0.340. The van der Waals surface area contributed by atoms with Crippen LogP contribution in [0.4, 0.5) is 0 Å². The molecule has 0 saturated heterocycles. The molecule has 0 aromatic heterocycles. The molecule has 4 aliphatic rings. The van der Waals surface area contributed by atoms with Gasteiger partial charge in [-0.25, -0.2) is 0 Å². The van der Waals surface area contributed by atoms with Gasteiger partial charge in [-0.1, -0.05) is 79.4 Å². The smallest absolute Gasteiger partial charge is 0.0628 e. The van der Waals surface area contributed by atoms with Gasteiger partial charge in [-0.05, 0) is 84.9 Å². The Morgan fingerprint density at radius 3 is 2.39 bits per heavy atom. The highest BCUT2D eigenvalue weighted by atomic mass is 16.3. The minimum atomic E-state index is -0.253. The molecular formula is C29H50O2. The number of hydrogen-bond donors (Lipinski definition) is 2. The van der Waals surface area contributed by atoms with Crippen molar-refractivity contribution in [1.82, 2.24) is 0 Å². The Labute approximate surface area is 192 Å². The Bertz CT molecular complexity index is 693. The molecule has 0 aliphatic heterocycles. The van der Waals surface area contributed by atoms with Crippen LogP contribution in [0.1, 0.15) is 106 Å². The van der Waals surface area contributed by atoms with E-state index < -0.39 is 0 Å². The van der Waals surface area contributed by atoms with Crippen LogP contribution < -0.4 is 0 Å². The van der Waals surface area contributed by atoms with E-state index in [0.29, 0.717) is 17.3 Å². The van der Waals surface area contributed by atoms with E-state index in [0.717, 1.165) is 49.4 Å². The summed E-state index contributed by atoms with van der Waals surface area (Å²) < 4.78 is 0. The summed E-state index contributed by atoms with van der Waals surface area (Å²) in [6.07, 6.45) is 12.8. The van der Waals surface area contributed by atoms with Gasteiger partial charge in [0.15, 0.2) is 0 Å². The summed E-state index contributed by atoms with van der Waals surface area (Å²) >= 11 is 0. The van der Waals surface area contributed by atoms with Gasteiger partial charge in [0.25, 0.3) is 0 Å². The Morgan fingerprint density at radius 2 is 1.71 bits per heavy atom. The van der Waals surface area contributed by atoms with Crippen molar-refractivity contribution in [3.8, 4) is 0 Å². The monoisotopic (exact) mass is 430 g/mol. The van der Waals surface area contributed by atoms with Crippen molar-refractivity contribution < 1.29 is 10.2 Å². The van der Waals surface area contributed by atoms with Crippen molar-refractivity contribution in [3.05, 3.63) is 11.6 Å². The predicted octanol–water partition coefficient (Wildman–Crippen LogP) is 7.00. The molecule has 4 rings (SSSR count). The summed E-state index contributed by atoms with van der Waals surface area (Å²) in [5.41, 5.74) is 1.62. The lowest BCUT2D eigenvalue weighted by molar-refractivity contribution is -0.139. The normalized spacial score (nSPS) is 47.4. The standard InChI is InChI=1S/C29H50O2/c1-18(2)9-8-10-19(3)21-12-13-22-20-11-14-24-27(4,5)25(31)15-16-28(24,6)26(20)23(30)17-29(21,22)7/h14,18-23,25-26,30-31H,8-13,15-17H2,1-7H3/t19-,20+,21-,22+,23+,25-,26-,28+,29-/m1/s1. The van der Waals surface area contributed by atoms with Crippen LogP contribution in [-0.2, 0) is 0 Å². The molecule has 178 valence electrons. The van der Waals surface area contributed by atoms with Crippen molar-refractivity contribution in [2.75, 3.05) is 0 Å². The van der Waals surface area contributed by atoms with Crippen molar-refractivity contribution in [1.29, 1.82) is 0 Å². The minimum absolute atomic E-state index is 0.0490. The molecule has 2 N–H and O–H groups in total. The molecule has 4 aliphatic carbocycles. The number of aliphatic hydroxyl groups excluding tert-OH is 2. The van der Waals surface area contributed by atoms with Crippen molar-refractivity contribution in [3.63, 3.8) is 0 Å². The van der Waals surface area contributed by atoms with Crippen LogP contribution in [0.5, 0.6) is 0 Å². The maximum atomic E-state index is 11.7. The van der Waals surface area contributed by atoms with E-state index in [4.69, 9.17) is 0 Å². The van der Waals surface area contributed by atoms with Crippen molar-refractivity contribution >= 4 is 0 Å². The zero-order valence-electron chi connectivity index (χ0n) is 21.5. The van der Waals surface area contributed by atoms with Crippen LogP contribution in [0, 0.1) is 51.8 Å². The summed E-state index contributed by atoms with van der Waals surface area (Å²) in [5.74, 6) is 4.07. The van der Waals surface area contributed by atoms with Gasteiger partial charge in [-0.2, -0.15) is 0 Å². The van der Waals surface area contributed by atoms with Gasteiger partial charge in [-0.15, -0.1) is 0 Å². The first-order valence-corrected chi connectivity index (χ1v) is 13.5. The van der Waals surface area contributed by atoms with Crippen molar-refractivity contribution in [2.45, 2.75) is 118 Å². The molecule has 0 spiro atoms. The van der Waals surface area contributed by atoms with Crippen LogP contribution in [0.25, 0.3) is 0 Å². The molecule has 0 amide bonds. The fourth-order valence-electron chi connectivity index (χ4n) is 9.55. The number of rotatable bonds is 5. The SMILES string of the molecule is CC(C)CCC[C@@H](C)[C@H]1CC[C@H]2[C@@H]3CC=C4C(C)(C)[C@H](O)CC[C@]4(C)[C@H]3[C@@H](O)C[C@]12C. The molecule has 2 heteroatoms. The van der Waals surface area contributed by atoms with E-state index in [-0.39, 0.29) is 23.0 Å². The first-order chi connectivity index (χ1) is 14.4. The second-order valence-corrected chi connectivity index (χ2v) is 13.6. The average molecular weight is 431 g/mol. The summed E-state index contributed by atoms with van der Waals surface area (Å²) in [7, 11) is 0. The molecule has 9 atom stereocenters. The third-order valence-corrected chi connectivity index (χ3v) is 11.1. The van der Waals surface area contributed by atoms with Crippen molar-refractivity contribution in [2.24, 2.45) is 51.8 Å². The molecule has 0 radical (unpaired) electrons. The van der Waals surface area contributed by atoms with Gasteiger partial charge in [-0.3, -0.25) is 0 Å². The maximum absolute atomic E-state index is 11.7. The third kappa shape index (κ3) is 3.67. The number of hydrogen-bond acceptors (Lipinski definition) is 2. The molecule has 3 fully saturated rings. The van der Waals surface area contributed by atoms with Crippen LogP contribution >= 0.6 is 0 Å². The van der Waals surface area contributed by atoms with Crippen LogP contribution in [0.2, 0.25) is 0 Å². The van der Waals surface area contributed by atoms with Gasteiger partial charge in [0, 0.05) is 5.41 Å². The van der Waals surface area contributed by atoms with Crippen LogP contribution in [0.3, 0.4) is 0 Å². The highest BCUT2D eigenvalue weighted by molar-refractivity contribution is 5.32. The number of fused-ring (bicyclic) bond motifs is 5. The quantitative estimate of drug-likeness (QED) is 0.461. The van der Waals surface area contributed by atoms with Gasteiger partial charge < -0.3 is 10.2 Å². The number of aliphatic hydroxyl groups is 2. The first kappa shape index (κ1) is 23.8. The second-order valence-electron chi connectivity index (χ2n) is 13.6. The fraction of sp³-hybridized carbons (Fsp3) is 0.931. The predicted molar refractivity (Wildman–Crippen MR) is 130 cm³/mol. The van der Waals surface area contributed by atoms with Gasteiger partial charge in [0.05, 0.1) is 12.2 Å². The molecule has 0 aromatic rings. The van der Waals surface area contributed by atoms with E-state index in [1.807, 2.05) is 0 Å². The molecule has 2 nitrogen and oxygen atoms in total. The number of allylic oxidation sites excluding steroid dienone is 1. The van der Waals surface area contributed by atoms with Gasteiger partial charge in [0.1, 0.15) is 0 Å². The Kier molecular flexibility index (Phi) is 6.26. The van der Waals surface area contributed by atoms with E-state index >= 15 is 0 Å². The van der Waals surface area contributed by atoms with Crippen LogP contribution in [0.15, 0.2) is 11.6 Å². The third-order valence-electron chi connectivity index (χ3n) is 11.1.